The van der Waals surface area contributed by atoms with Crippen molar-refractivity contribution in [2.75, 3.05) is 7.11 Å². The van der Waals surface area contributed by atoms with Crippen LogP contribution in [-0.2, 0) is 6.54 Å². The molecule has 8 heteroatoms. The molecular weight excluding hydrogens is 340 g/mol. The molecule has 1 rings (SSSR count). The second-order valence-corrected chi connectivity index (χ2v) is 3.72. The molecule has 0 aliphatic heterocycles. The van der Waals surface area contributed by atoms with E-state index in [1.807, 2.05) is 0 Å². The quantitative estimate of drug-likeness (QED) is 0.671. The van der Waals surface area contributed by atoms with Crippen LogP contribution >= 0.6 is 22.6 Å². The smallest absolute Gasteiger partial charge is 0.494 e. The highest BCUT2D eigenvalue weighted by Crippen LogP contribution is 2.29. The van der Waals surface area contributed by atoms with Crippen molar-refractivity contribution in [1.82, 2.24) is 4.98 Å². The van der Waals surface area contributed by atoms with Gasteiger partial charge in [0.15, 0.2) is 5.75 Å². The highest BCUT2D eigenvalue weighted by molar-refractivity contribution is 14.1. The van der Waals surface area contributed by atoms with E-state index in [4.69, 9.17) is 10.5 Å². The molecule has 0 radical (unpaired) electrons. The predicted molar refractivity (Wildman–Crippen MR) is 58.1 cm³/mol. The molecular formula is C8H8F3IN2O2. The molecule has 1 aromatic rings. The van der Waals surface area contributed by atoms with E-state index in [0.717, 1.165) is 6.07 Å². The van der Waals surface area contributed by atoms with Crippen LogP contribution in [0.4, 0.5) is 13.2 Å². The van der Waals surface area contributed by atoms with Gasteiger partial charge in [-0.15, -0.1) is 13.2 Å². The van der Waals surface area contributed by atoms with Crippen LogP contribution in [0.3, 0.4) is 0 Å². The third-order valence-corrected chi connectivity index (χ3v) is 2.36. The molecule has 0 atom stereocenters. The van der Waals surface area contributed by atoms with Crippen LogP contribution in [0.25, 0.3) is 0 Å². The Morgan fingerprint density at radius 2 is 2.12 bits per heavy atom. The first-order valence-corrected chi connectivity index (χ1v) is 5.14. The van der Waals surface area contributed by atoms with Crippen LogP contribution in [0.5, 0.6) is 11.6 Å². The third kappa shape index (κ3) is 3.37. The lowest BCUT2D eigenvalue weighted by atomic mass is 10.2. The normalized spacial score (nSPS) is 11.4. The zero-order valence-corrected chi connectivity index (χ0v) is 10.3. The number of alkyl halides is 3. The molecule has 0 spiro atoms. The number of hydrogen-bond acceptors (Lipinski definition) is 4. The Morgan fingerprint density at radius 1 is 1.50 bits per heavy atom. The summed E-state index contributed by atoms with van der Waals surface area (Å²) in [6.45, 7) is 0.0376. The SMILES string of the molecule is COc1c(CN)cc(OC(F)(F)F)nc1I. The molecule has 0 aliphatic carbocycles. The van der Waals surface area contributed by atoms with Gasteiger partial charge < -0.3 is 15.2 Å². The molecule has 90 valence electrons. The fourth-order valence-electron chi connectivity index (χ4n) is 1.06. The maximum absolute atomic E-state index is 12.0. The molecule has 0 amide bonds. The van der Waals surface area contributed by atoms with E-state index in [9.17, 15) is 13.2 Å². The highest BCUT2D eigenvalue weighted by Gasteiger charge is 2.32. The zero-order chi connectivity index (χ0) is 12.3. The Balaban J connectivity index is 3.10. The predicted octanol–water partition coefficient (Wildman–Crippen LogP) is 2.05. The molecule has 2 N–H and O–H groups in total. The van der Waals surface area contributed by atoms with Gasteiger partial charge in [-0.25, -0.2) is 4.98 Å². The van der Waals surface area contributed by atoms with Gasteiger partial charge in [0.25, 0.3) is 0 Å². The molecule has 0 saturated carbocycles. The van der Waals surface area contributed by atoms with E-state index in [-0.39, 0.29) is 10.2 Å². The number of methoxy groups -OCH3 is 1. The van der Waals surface area contributed by atoms with Gasteiger partial charge in [-0.2, -0.15) is 0 Å². The van der Waals surface area contributed by atoms with Gasteiger partial charge >= 0.3 is 6.36 Å². The summed E-state index contributed by atoms with van der Waals surface area (Å²) >= 11 is 1.75. The number of rotatable bonds is 3. The number of aromatic nitrogens is 1. The monoisotopic (exact) mass is 348 g/mol. The van der Waals surface area contributed by atoms with Gasteiger partial charge in [-0.05, 0) is 22.6 Å². The minimum Gasteiger partial charge on any atom is -0.494 e. The van der Waals surface area contributed by atoms with E-state index in [2.05, 4.69) is 9.72 Å². The standard InChI is InChI=1S/C8H8F3IN2O2/c1-15-6-4(3-13)2-5(14-7(6)12)16-8(9,10)11/h2H,3,13H2,1H3. The minimum absolute atomic E-state index is 0.0376. The Hall–Kier alpha value is -0.770. The lowest BCUT2D eigenvalue weighted by Crippen LogP contribution is -2.18. The van der Waals surface area contributed by atoms with Gasteiger partial charge in [-0.3, -0.25) is 0 Å². The zero-order valence-electron chi connectivity index (χ0n) is 8.14. The molecule has 0 fully saturated rings. The van der Waals surface area contributed by atoms with Crippen molar-refractivity contribution in [2.45, 2.75) is 12.9 Å². The van der Waals surface area contributed by atoms with Crippen LogP contribution in [0.15, 0.2) is 6.07 Å². The fourth-order valence-corrected chi connectivity index (χ4v) is 1.87. The third-order valence-electron chi connectivity index (χ3n) is 1.63. The number of hydrogen-bond donors (Lipinski definition) is 1. The summed E-state index contributed by atoms with van der Waals surface area (Å²) in [6.07, 6.45) is -4.77. The number of pyridine rings is 1. The van der Waals surface area contributed by atoms with Crippen molar-refractivity contribution in [3.05, 3.63) is 15.3 Å². The Kier molecular flexibility index (Phi) is 4.19. The topological polar surface area (TPSA) is 57.4 Å². The minimum atomic E-state index is -4.77. The molecule has 0 aromatic carbocycles. The van der Waals surface area contributed by atoms with Crippen molar-refractivity contribution in [1.29, 1.82) is 0 Å². The van der Waals surface area contributed by atoms with Crippen molar-refractivity contribution >= 4 is 22.6 Å². The highest BCUT2D eigenvalue weighted by atomic mass is 127. The number of ether oxygens (including phenoxy) is 2. The summed E-state index contributed by atoms with van der Waals surface area (Å²) in [5.74, 6) is -0.184. The average Bonchev–Trinajstić information content (AvgIpc) is 2.14. The first-order chi connectivity index (χ1) is 7.37. The molecule has 4 nitrogen and oxygen atoms in total. The summed E-state index contributed by atoms with van der Waals surface area (Å²) in [7, 11) is 1.39. The van der Waals surface area contributed by atoms with Crippen LogP contribution < -0.4 is 15.2 Å². The molecule has 0 saturated heterocycles. The van der Waals surface area contributed by atoms with E-state index in [1.165, 1.54) is 7.11 Å². The maximum Gasteiger partial charge on any atom is 0.574 e. The van der Waals surface area contributed by atoms with Gasteiger partial charge in [0, 0.05) is 18.2 Å². The summed E-state index contributed by atoms with van der Waals surface area (Å²) in [4.78, 5) is 3.60. The lowest BCUT2D eigenvalue weighted by Gasteiger charge is -2.12. The first-order valence-electron chi connectivity index (χ1n) is 4.06. The van der Waals surface area contributed by atoms with E-state index < -0.39 is 12.2 Å². The van der Waals surface area contributed by atoms with Crippen molar-refractivity contribution < 1.29 is 22.6 Å². The lowest BCUT2D eigenvalue weighted by molar-refractivity contribution is -0.276. The molecule has 0 bridgehead atoms. The van der Waals surface area contributed by atoms with Crippen LogP contribution in [0.1, 0.15) is 5.56 Å². The molecule has 1 aromatic heterocycles. The number of nitrogens with zero attached hydrogens (tertiary/aromatic N) is 1. The molecule has 0 aliphatic rings. The van der Waals surface area contributed by atoms with Gasteiger partial charge in [0.2, 0.25) is 5.88 Å². The first kappa shape index (κ1) is 13.3. The fraction of sp³-hybridized carbons (Fsp3) is 0.375. The molecule has 1 heterocycles. The number of nitrogens with two attached hydrogens (primary N) is 1. The Morgan fingerprint density at radius 3 is 2.56 bits per heavy atom. The average molecular weight is 348 g/mol. The summed E-state index contributed by atoms with van der Waals surface area (Å²) in [6, 6.07) is 1.11. The van der Waals surface area contributed by atoms with Crippen LogP contribution in [0, 0.1) is 3.70 Å². The summed E-state index contributed by atoms with van der Waals surface area (Å²) in [5.41, 5.74) is 5.78. The van der Waals surface area contributed by atoms with Crippen LogP contribution in [0.2, 0.25) is 0 Å². The Bertz CT molecular complexity index is 384. The summed E-state index contributed by atoms with van der Waals surface area (Å²) < 4.78 is 44.8. The van der Waals surface area contributed by atoms with E-state index >= 15 is 0 Å². The van der Waals surface area contributed by atoms with Crippen molar-refractivity contribution in [3.63, 3.8) is 0 Å². The van der Waals surface area contributed by atoms with Gasteiger partial charge in [0.1, 0.15) is 3.70 Å². The molecule has 16 heavy (non-hydrogen) atoms. The largest absolute Gasteiger partial charge is 0.574 e. The second-order valence-electron chi connectivity index (χ2n) is 2.70. The van der Waals surface area contributed by atoms with Crippen LogP contribution in [-0.4, -0.2) is 18.5 Å². The van der Waals surface area contributed by atoms with Crippen molar-refractivity contribution in [3.8, 4) is 11.6 Å². The van der Waals surface area contributed by atoms with Gasteiger partial charge in [0.05, 0.1) is 7.11 Å². The van der Waals surface area contributed by atoms with Gasteiger partial charge in [-0.1, -0.05) is 0 Å². The van der Waals surface area contributed by atoms with E-state index in [1.54, 1.807) is 22.6 Å². The summed E-state index contributed by atoms with van der Waals surface area (Å²) in [5, 5.41) is 0. The maximum atomic E-state index is 12.0. The van der Waals surface area contributed by atoms with Crippen molar-refractivity contribution in [2.24, 2.45) is 5.73 Å². The Labute approximate surface area is 103 Å². The number of halogens is 4. The second kappa shape index (κ2) is 5.04. The molecule has 0 unspecified atom stereocenters. The van der Waals surface area contributed by atoms with E-state index in [0.29, 0.717) is 11.3 Å².